The smallest absolute Gasteiger partial charge is 0.202 e. The van der Waals surface area contributed by atoms with E-state index >= 15 is 0 Å². The summed E-state index contributed by atoms with van der Waals surface area (Å²) in [6.45, 7) is 1.67. The lowest BCUT2D eigenvalue weighted by molar-refractivity contribution is 0.0168. The Hall–Kier alpha value is -1.84. The summed E-state index contributed by atoms with van der Waals surface area (Å²) in [5, 5.41) is 0. The Bertz CT molecular complexity index is 516. The normalized spacial score (nSPS) is 12.5. The zero-order valence-electron chi connectivity index (χ0n) is 11.1. The molecule has 0 nitrogen and oxygen atoms in total. The molecule has 0 fully saturated rings. The van der Waals surface area contributed by atoms with Crippen molar-refractivity contribution in [2.45, 2.75) is 25.7 Å². The van der Waals surface area contributed by atoms with E-state index in [-0.39, 0.29) is 11.1 Å². The minimum absolute atomic E-state index is 0.0713. The Morgan fingerprint density at radius 2 is 0.800 bits per heavy atom. The maximum atomic E-state index is 13.1. The van der Waals surface area contributed by atoms with Gasteiger partial charge in [-0.15, -0.1) is 0 Å². The second kappa shape index (κ2) is 4.93. The monoisotopic (exact) mass is 282 g/mol. The fourth-order valence-corrected chi connectivity index (χ4v) is 1.91. The number of halogens is 4. The highest BCUT2D eigenvalue weighted by molar-refractivity contribution is 5.64. The first-order valence-corrected chi connectivity index (χ1v) is 6.15. The lowest BCUT2D eigenvalue weighted by Crippen LogP contribution is -2.06. The predicted molar refractivity (Wildman–Crippen MR) is 71.0 cm³/mol. The van der Waals surface area contributed by atoms with E-state index < -0.39 is 11.8 Å². The number of rotatable bonds is 3. The van der Waals surface area contributed by atoms with Crippen molar-refractivity contribution in [1.82, 2.24) is 0 Å². The summed E-state index contributed by atoms with van der Waals surface area (Å²) < 4.78 is 52.4. The minimum atomic E-state index is -2.88. The van der Waals surface area contributed by atoms with Gasteiger partial charge in [-0.3, -0.25) is 0 Å². The Kier molecular flexibility index (Phi) is 3.59. The van der Waals surface area contributed by atoms with Gasteiger partial charge in [0.25, 0.3) is 11.8 Å². The van der Waals surface area contributed by atoms with Crippen molar-refractivity contribution in [3.63, 3.8) is 0 Å². The molecule has 0 heterocycles. The fourth-order valence-electron chi connectivity index (χ4n) is 1.91. The van der Waals surface area contributed by atoms with Crippen LogP contribution in [0.3, 0.4) is 0 Å². The van der Waals surface area contributed by atoms with E-state index in [0.29, 0.717) is 11.1 Å². The maximum Gasteiger partial charge on any atom is 0.270 e. The molecule has 0 saturated heterocycles. The lowest BCUT2D eigenvalue weighted by atomic mass is 10.00. The van der Waals surface area contributed by atoms with Crippen LogP contribution in [0.5, 0.6) is 0 Å². The quantitative estimate of drug-likeness (QED) is 0.645. The van der Waals surface area contributed by atoms with E-state index in [1.165, 1.54) is 24.3 Å². The van der Waals surface area contributed by atoms with Crippen molar-refractivity contribution in [2.24, 2.45) is 0 Å². The number of hydrogen-bond acceptors (Lipinski definition) is 0. The molecule has 0 atom stereocenters. The van der Waals surface area contributed by atoms with Gasteiger partial charge in [-0.25, -0.2) is 17.6 Å². The first-order valence-electron chi connectivity index (χ1n) is 6.15. The van der Waals surface area contributed by atoms with E-state index in [9.17, 15) is 17.6 Å². The zero-order chi connectivity index (χ0) is 15.0. The summed E-state index contributed by atoms with van der Waals surface area (Å²) >= 11 is 0. The summed E-state index contributed by atoms with van der Waals surface area (Å²) in [5.41, 5.74) is 1.28. The standard InChI is InChI=1S/C16H14F4/c1-15(17,18)13-7-3-11(4-8-13)12-5-9-14(10-6-12)16(2,19)20/h3-10H,1-2H3. The molecule has 0 unspecified atom stereocenters. The molecule has 106 valence electrons. The fraction of sp³-hybridized carbons (Fsp3) is 0.250. The van der Waals surface area contributed by atoms with Crippen molar-refractivity contribution < 1.29 is 17.6 Å². The summed E-state index contributed by atoms with van der Waals surface area (Å²) in [4.78, 5) is 0. The van der Waals surface area contributed by atoms with Gasteiger partial charge in [0.05, 0.1) is 0 Å². The molecule has 2 rings (SSSR count). The highest BCUT2D eigenvalue weighted by atomic mass is 19.3. The van der Waals surface area contributed by atoms with Crippen LogP contribution in [0.1, 0.15) is 25.0 Å². The van der Waals surface area contributed by atoms with Crippen LogP contribution in [0.15, 0.2) is 48.5 Å². The minimum Gasteiger partial charge on any atom is -0.202 e. The molecule has 0 spiro atoms. The van der Waals surface area contributed by atoms with Crippen LogP contribution in [0.25, 0.3) is 11.1 Å². The topological polar surface area (TPSA) is 0 Å². The molecule has 4 heteroatoms. The number of benzene rings is 2. The number of alkyl halides is 4. The van der Waals surface area contributed by atoms with Gasteiger partial charge in [0.15, 0.2) is 0 Å². The molecule has 0 amide bonds. The maximum absolute atomic E-state index is 13.1. The first-order chi connectivity index (χ1) is 9.18. The number of hydrogen-bond donors (Lipinski definition) is 0. The third-order valence-corrected chi connectivity index (χ3v) is 3.12. The van der Waals surface area contributed by atoms with Crippen LogP contribution in [0, 0.1) is 0 Å². The molecule has 0 N–H and O–H groups in total. The third kappa shape index (κ3) is 3.18. The summed E-state index contributed by atoms with van der Waals surface area (Å²) in [5.74, 6) is -5.76. The molecule has 20 heavy (non-hydrogen) atoms. The SMILES string of the molecule is CC(F)(F)c1ccc(-c2ccc(C(C)(F)F)cc2)cc1. The van der Waals surface area contributed by atoms with Crippen LogP contribution in [-0.2, 0) is 11.8 Å². The summed E-state index contributed by atoms with van der Waals surface area (Å²) in [7, 11) is 0. The van der Waals surface area contributed by atoms with E-state index in [0.717, 1.165) is 13.8 Å². The predicted octanol–water partition coefficient (Wildman–Crippen LogP) is 5.58. The Morgan fingerprint density at radius 1 is 0.550 bits per heavy atom. The lowest BCUT2D eigenvalue weighted by Gasteiger charge is -2.12. The van der Waals surface area contributed by atoms with Crippen LogP contribution in [0.2, 0.25) is 0 Å². The van der Waals surface area contributed by atoms with Gasteiger partial charge in [-0.2, -0.15) is 0 Å². The van der Waals surface area contributed by atoms with Crippen LogP contribution in [-0.4, -0.2) is 0 Å². The molecule has 2 aromatic carbocycles. The van der Waals surface area contributed by atoms with Crippen molar-refractivity contribution >= 4 is 0 Å². The van der Waals surface area contributed by atoms with Gasteiger partial charge >= 0.3 is 0 Å². The van der Waals surface area contributed by atoms with Crippen LogP contribution >= 0.6 is 0 Å². The molecular formula is C16H14F4. The highest BCUT2D eigenvalue weighted by Crippen LogP contribution is 2.31. The molecule has 2 aromatic rings. The van der Waals surface area contributed by atoms with Gasteiger partial charge < -0.3 is 0 Å². The van der Waals surface area contributed by atoms with E-state index in [1.807, 2.05) is 0 Å². The van der Waals surface area contributed by atoms with Gasteiger partial charge in [0.2, 0.25) is 0 Å². The van der Waals surface area contributed by atoms with Crippen molar-refractivity contribution in [2.75, 3.05) is 0 Å². The molecule has 0 aromatic heterocycles. The van der Waals surface area contributed by atoms with Crippen LogP contribution in [0.4, 0.5) is 17.6 Å². The van der Waals surface area contributed by atoms with Gasteiger partial charge in [-0.05, 0) is 11.1 Å². The Morgan fingerprint density at radius 3 is 1.00 bits per heavy atom. The molecule has 0 bridgehead atoms. The molecule has 0 radical (unpaired) electrons. The average Bonchev–Trinajstić information content (AvgIpc) is 2.37. The van der Waals surface area contributed by atoms with Gasteiger partial charge in [-0.1, -0.05) is 48.5 Å². The zero-order valence-corrected chi connectivity index (χ0v) is 11.1. The second-order valence-electron chi connectivity index (χ2n) is 4.93. The van der Waals surface area contributed by atoms with Crippen molar-refractivity contribution in [3.05, 3.63) is 59.7 Å². The van der Waals surface area contributed by atoms with Crippen LogP contribution < -0.4 is 0 Å². The van der Waals surface area contributed by atoms with Gasteiger partial charge in [0, 0.05) is 25.0 Å². The summed E-state index contributed by atoms with van der Waals surface area (Å²) in [6, 6.07) is 11.6. The molecule has 0 saturated carbocycles. The molecule has 0 aliphatic rings. The largest absolute Gasteiger partial charge is 0.270 e. The Labute approximate surface area is 115 Å². The Balaban J connectivity index is 2.29. The van der Waals surface area contributed by atoms with E-state index in [2.05, 4.69) is 0 Å². The summed E-state index contributed by atoms with van der Waals surface area (Å²) in [6.07, 6.45) is 0. The average molecular weight is 282 g/mol. The second-order valence-corrected chi connectivity index (χ2v) is 4.93. The van der Waals surface area contributed by atoms with Crippen molar-refractivity contribution in [1.29, 1.82) is 0 Å². The third-order valence-electron chi connectivity index (χ3n) is 3.12. The first kappa shape index (κ1) is 14.6. The van der Waals surface area contributed by atoms with E-state index in [4.69, 9.17) is 0 Å². The van der Waals surface area contributed by atoms with Gasteiger partial charge in [0.1, 0.15) is 0 Å². The molecule has 0 aliphatic heterocycles. The highest BCUT2D eigenvalue weighted by Gasteiger charge is 2.24. The molecular weight excluding hydrogens is 268 g/mol. The molecule has 0 aliphatic carbocycles. The van der Waals surface area contributed by atoms with E-state index in [1.54, 1.807) is 24.3 Å². The van der Waals surface area contributed by atoms with Crippen molar-refractivity contribution in [3.8, 4) is 11.1 Å².